The van der Waals surface area contributed by atoms with Crippen molar-refractivity contribution in [3.63, 3.8) is 0 Å². The van der Waals surface area contributed by atoms with Crippen molar-refractivity contribution in [1.82, 2.24) is 5.32 Å². The second-order valence-corrected chi connectivity index (χ2v) is 6.24. The normalized spacial score (nSPS) is 17.4. The molecule has 1 N–H and O–H groups in total. The number of rotatable bonds is 5. The van der Waals surface area contributed by atoms with Crippen molar-refractivity contribution in [3.05, 3.63) is 65.7 Å². The molecule has 3 rings (SSSR count). The van der Waals surface area contributed by atoms with E-state index in [0.29, 0.717) is 19.5 Å². The molecule has 0 spiro atoms. The Morgan fingerprint density at radius 2 is 1.88 bits per heavy atom. The van der Waals surface area contributed by atoms with Gasteiger partial charge in [-0.25, -0.2) is 0 Å². The molecule has 2 aromatic rings. The number of amides is 2. The van der Waals surface area contributed by atoms with Crippen LogP contribution in [0.1, 0.15) is 11.1 Å². The summed E-state index contributed by atoms with van der Waals surface area (Å²) in [6.45, 7) is 2.87. The molecule has 2 aromatic carbocycles. The van der Waals surface area contributed by atoms with Crippen LogP contribution in [0, 0.1) is 6.92 Å². The Kier molecular flexibility index (Phi) is 5.46. The van der Waals surface area contributed by atoms with Gasteiger partial charge < -0.3 is 15.0 Å². The van der Waals surface area contributed by atoms with Crippen LogP contribution < -0.4 is 10.2 Å². The van der Waals surface area contributed by atoms with Gasteiger partial charge >= 0.3 is 0 Å². The standard InChI is InChI=1S/C20H22N2O3/c1-15-7-9-17(10-8-15)22-13-18(25-14-20(22)24)12-21-19(23)11-16-5-3-2-4-6-16/h2-10,18H,11-14H2,1H3,(H,21,23). The maximum Gasteiger partial charge on any atom is 0.253 e. The topological polar surface area (TPSA) is 58.6 Å². The van der Waals surface area contributed by atoms with Crippen LogP contribution in [0.3, 0.4) is 0 Å². The molecule has 0 saturated carbocycles. The number of ether oxygens (including phenoxy) is 1. The molecule has 0 radical (unpaired) electrons. The van der Waals surface area contributed by atoms with E-state index in [1.54, 1.807) is 4.90 Å². The fourth-order valence-electron chi connectivity index (χ4n) is 2.79. The van der Waals surface area contributed by atoms with Gasteiger partial charge in [0.05, 0.1) is 19.1 Å². The fourth-order valence-corrected chi connectivity index (χ4v) is 2.79. The predicted octanol–water partition coefficient (Wildman–Crippen LogP) is 2.09. The lowest BCUT2D eigenvalue weighted by Crippen LogP contribution is -2.50. The monoisotopic (exact) mass is 338 g/mol. The lowest BCUT2D eigenvalue weighted by atomic mass is 10.1. The van der Waals surface area contributed by atoms with E-state index in [-0.39, 0.29) is 24.5 Å². The van der Waals surface area contributed by atoms with E-state index >= 15 is 0 Å². The van der Waals surface area contributed by atoms with Gasteiger partial charge in [0.15, 0.2) is 0 Å². The van der Waals surface area contributed by atoms with Crippen molar-refractivity contribution in [1.29, 1.82) is 0 Å². The molecular formula is C20H22N2O3. The largest absolute Gasteiger partial charge is 0.365 e. The van der Waals surface area contributed by atoms with Crippen LogP contribution in [0.25, 0.3) is 0 Å². The summed E-state index contributed by atoms with van der Waals surface area (Å²) in [6, 6.07) is 17.4. The maximum absolute atomic E-state index is 12.1. The Morgan fingerprint density at radius 1 is 1.16 bits per heavy atom. The van der Waals surface area contributed by atoms with E-state index in [4.69, 9.17) is 4.74 Å². The van der Waals surface area contributed by atoms with E-state index < -0.39 is 0 Å². The Hall–Kier alpha value is -2.66. The molecule has 1 aliphatic rings. The van der Waals surface area contributed by atoms with Gasteiger partial charge in [0.25, 0.3) is 5.91 Å². The molecule has 5 heteroatoms. The number of anilines is 1. The minimum Gasteiger partial charge on any atom is -0.365 e. The maximum atomic E-state index is 12.1. The first kappa shape index (κ1) is 17.2. The number of nitrogens with one attached hydrogen (secondary N) is 1. The third kappa shape index (κ3) is 4.67. The summed E-state index contributed by atoms with van der Waals surface area (Å²) in [4.78, 5) is 25.9. The molecule has 25 heavy (non-hydrogen) atoms. The Morgan fingerprint density at radius 3 is 2.60 bits per heavy atom. The Labute approximate surface area is 147 Å². The first-order chi connectivity index (χ1) is 12.1. The lowest BCUT2D eigenvalue weighted by Gasteiger charge is -2.33. The van der Waals surface area contributed by atoms with Crippen LogP contribution in [0.2, 0.25) is 0 Å². The van der Waals surface area contributed by atoms with Gasteiger partial charge in [-0.3, -0.25) is 9.59 Å². The van der Waals surface area contributed by atoms with Gasteiger partial charge in [0.2, 0.25) is 5.91 Å². The molecule has 0 bridgehead atoms. The van der Waals surface area contributed by atoms with Crippen molar-refractivity contribution in [2.75, 3.05) is 24.6 Å². The van der Waals surface area contributed by atoms with Crippen LogP contribution >= 0.6 is 0 Å². The minimum absolute atomic E-state index is 0.0348. The molecule has 1 heterocycles. The van der Waals surface area contributed by atoms with Gasteiger partial charge in [0, 0.05) is 12.2 Å². The summed E-state index contributed by atoms with van der Waals surface area (Å²) >= 11 is 0. The average Bonchev–Trinajstić information content (AvgIpc) is 2.63. The quantitative estimate of drug-likeness (QED) is 0.908. The predicted molar refractivity (Wildman–Crippen MR) is 96.4 cm³/mol. The summed E-state index contributed by atoms with van der Waals surface area (Å²) in [5.74, 6) is -0.107. The third-order valence-electron chi connectivity index (χ3n) is 4.21. The Balaban J connectivity index is 1.53. The molecule has 5 nitrogen and oxygen atoms in total. The molecule has 1 atom stereocenters. The molecular weight excluding hydrogens is 316 g/mol. The lowest BCUT2D eigenvalue weighted by molar-refractivity contribution is -0.129. The summed E-state index contributed by atoms with van der Waals surface area (Å²) in [5.41, 5.74) is 2.98. The zero-order valence-corrected chi connectivity index (χ0v) is 14.3. The van der Waals surface area contributed by atoms with Crippen molar-refractivity contribution >= 4 is 17.5 Å². The van der Waals surface area contributed by atoms with E-state index in [1.165, 1.54) is 0 Å². The fraction of sp³-hybridized carbons (Fsp3) is 0.300. The van der Waals surface area contributed by atoms with Gasteiger partial charge in [-0.1, -0.05) is 48.0 Å². The number of morpholine rings is 1. The highest BCUT2D eigenvalue weighted by Gasteiger charge is 2.27. The zero-order valence-electron chi connectivity index (χ0n) is 14.3. The van der Waals surface area contributed by atoms with Crippen molar-refractivity contribution in [2.45, 2.75) is 19.4 Å². The number of carbonyl (C=O) groups is 2. The second kappa shape index (κ2) is 7.94. The van der Waals surface area contributed by atoms with Crippen LogP contribution in [-0.4, -0.2) is 37.6 Å². The average molecular weight is 338 g/mol. The van der Waals surface area contributed by atoms with Gasteiger partial charge in [0.1, 0.15) is 6.61 Å². The third-order valence-corrected chi connectivity index (χ3v) is 4.21. The number of carbonyl (C=O) groups excluding carboxylic acids is 2. The van der Waals surface area contributed by atoms with Gasteiger partial charge in [-0.2, -0.15) is 0 Å². The molecule has 1 fully saturated rings. The molecule has 1 unspecified atom stereocenters. The molecule has 1 saturated heterocycles. The summed E-state index contributed by atoms with van der Waals surface area (Å²) in [6.07, 6.45) is 0.132. The smallest absolute Gasteiger partial charge is 0.253 e. The zero-order chi connectivity index (χ0) is 17.6. The van der Waals surface area contributed by atoms with Crippen molar-refractivity contribution in [2.24, 2.45) is 0 Å². The molecule has 2 amide bonds. The van der Waals surface area contributed by atoms with Crippen LogP contribution in [0.15, 0.2) is 54.6 Å². The molecule has 0 aromatic heterocycles. The summed E-state index contributed by atoms with van der Waals surface area (Å²) in [5, 5.41) is 2.89. The number of hydrogen-bond donors (Lipinski definition) is 1. The molecule has 1 aliphatic heterocycles. The van der Waals surface area contributed by atoms with Gasteiger partial charge in [-0.15, -0.1) is 0 Å². The first-order valence-electron chi connectivity index (χ1n) is 8.41. The first-order valence-corrected chi connectivity index (χ1v) is 8.41. The molecule has 130 valence electrons. The van der Waals surface area contributed by atoms with E-state index in [0.717, 1.165) is 16.8 Å². The SMILES string of the molecule is Cc1ccc(N2CC(CNC(=O)Cc3ccccc3)OCC2=O)cc1. The summed E-state index contributed by atoms with van der Waals surface area (Å²) < 4.78 is 5.56. The van der Waals surface area contributed by atoms with E-state index in [2.05, 4.69) is 5.32 Å². The molecule has 0 aliphatic carbocycles. The number of benzene rings is 2. The number of nitrogens with zero attached hydrogens (tertiary/aromatic N) is 1. The van der Waals surface area contributed by atoms with Crippen LogP contribution in [-0.2, 0) is 20.7 Å². The van der Waals surface area contributed by atoms with Crippen LogP contribution in [0.5, 0.6) is 0 Å². The minimum atomic E-state index is -0.210. The highest BCUT2D eigenvalue weighted by atomic mass is 16.5. The number of aryl methyl sites for hydroxylation is 1. The number of hydrogen-bond acceptors (Lipinski definition) is 3. The van der Waals surface area contributed by atoms with Crippen molar-refractivity contribution in [3.8, 4) is 0 Å². The highest BCUT2D eigenvalue weighted by molar-refractivity contribution is 5.95. The summed E-state index contributed by atoms with van der Waals surface area (Å²) in [7, 11) is 0. The van der Waals surface area contributed by atoms with Crippen molar-refractivity contribution < 1.29 is 14.3 Å². The van der Waals surface area contributed by atoms with Gasteiger partial charge in [-0.05, 0) is 24.6 Å². The van der Waals surface area contributed by atoms with E-state index in [9.17, 15) is 9.59 Å². The van der Waals surface area contributed by atoms with Crippen LogP contribution in [0.4, 0.5) is 5.69 Å². The second-order valence-electron chi connectivity index (χ2n) is 6.24. The highest BCUT2D eigenvalue weighted by Crippen LogP contribution is 2.19. The van der Waals surface area contributed by atoms with E-state index in [1.807, 2.05) is 61.5 Å². The Bertz CT molecular complexity index is 728.